The summed E-state index contributed by atoms with van der Waals surface area (Å²) in [4.78, 5) is 24.7. The van der Waals surface area contributed by atoms with Gasteiger partial charge in [-0.25, -0.2) is 0 Å². The van der Waals surface area contributed by atoms with Crippen LogP contribution in [0.5, 0.6) is 5.75 Å². The van der Waals surface area contributed by atoms with Gasteiger partial charge in [-0.1, -0.05) is 36.4 Å². The van der Waals surface area contributed by atoms with Crippen LogP contribution in [0.1, 0.15) is 33.6 Å². The molecule has 0 radical (unpaired) electrons. The van der Waals surface area contributed by atoms with Crippen molar-refractivity contribution in [1.82, 2.24) is 0 Å². The average molecular weight is 278 g/mol. The first kappa shape index (κ1) is 12.3. The van der Waals surface area contributed by atoms with Gasteiger partial charge in [0, 0.05) is 5.56 Å². The van der Waals surface area contributed by atoms with E-state index >= 15 is 0 Å². The minimum Gasteiger partial charge on any atom is -0.493 e. The van der Waals surface area contributed by atoms with E-state index in [1.807, 2.05) is 24.3 Å². The molecule has 0 spiro atoms. The molecule has 104 valence electrons. The summed E-state index contributed by atoms with van der Waals surface area (Å²) in [5.41, 5.74) is 2.51. The number of hydrogen-bond donors (Lipinski definition) is 0. The SMILES string of the molecule is O=C1C(=O)c2c(OCC3CC3)cccc2-c2ccccc21. The van der Waals surface area contributed by atoms with Crippen LogP contribution in [0.4, 0.5) is 0 Å². The van der Waals surface area contributed by atoms with Crippen LogP contribution in [-0.4, -0.2) is 18.2 Å². The molecule has 4 rings (SSSR count). The van der Waals surface area contributed by atoms with Crippen molar-refractivity contribution in [3.63, 3.8) is 0 Å². The number of hydrogen-bond acceptors (Lipinski definition) is 3. The molecule has 0 heterocycles. The van der Waals surface area contributed by atoms with Crippen LogP contribution in [0, 0.1) is 5.92 Å². The molecule has 0 amide bonds. The Morgan fingerprint density at radius 3 is 2.33 bits per heavy atom. The van der Waals surface area contributed by atoms with Crippen molar-refractivity contribution >= 4 is 11.6 Å². The fourth-order valence-corrected chi connectivity index (χ4v) is 2.75. The first-order valence-electron chi connectivity index (χ1n) is 7.20. The van der Waals surface area contributed by atoms with Crippen molar-refractivity contribution in [2.24, 2.45) is 5.92 Å². The lowest BCUT2D eigenvalue weighted by atomic mass is 9.83. The normalized spacial score (nSPS) is 16.4. The summed E-state index contributed by atoms with van der Waals surface area (Å²) < 4.78 is 5.79. The van der Waals surface area contributed by atoms with Crippen LogP contribution in [0.25, 0.3) is 11.1 Å². The van der Waals surface area contributed by atoms with E-state index in [2.05, 4.69) is 0 Å². The minimum absolute atomic E-state index is 0.418. The molecule has 0 N–H and O–H groups in total. The van der Waals surface area contributed by atoms with Gasteiger partial charge in [-0.3, -0.25) is 9.59 Å². The Morgan fingerprint density at radius 1 is 0.857 bits per heavy atom. The molecular weight excluding hydrogens is 264 g/mol. The lowest BCUT2D eigenvalue weighted by Crippen LogP contribution is -2.22. The number of rotatable bonds is 3. The third-order valence-corrected chi connectivity index (χ3v) is 4.09. The van der Waals surface area contributed by atoms with Gasteiger partial charge in [-0.2, -0.15) is 0 Å². The zero-order valence-corrected chi connectivity index (χ0v) is 11.5. The van der Waals surface area contributed by atoms with Gasteiger partial charge in [0.1, 0.15) is 5.75 Å². The Bertz CT molecular complexity index is 757. The number of fused-ring (bicyclic) bond motifs is 3. The van der Waals surface area contributed by atoms with Crippen molar-refractivity contribution in [3.8, 4) is 16.9 Å². The van der Waals surface area contributed by atoms with E-state index in [9.17, 15) is 9.59 Å². The quantitative estimate of drug-likeness (QED) is 0.807. The van der Waals surface area contributed by atoms with Crippen LogP contribution in [0.15, 0.2) is 42.5 Å². The maximum atomic E-state index is 12.4. The number of carbonyl (C=O) groups is 2. The van der Waals surface area contributed by atoms with Gasteiger partial charge in [-0.05, 0) is 36.0 Å². The maximum absolute atomic E-state index is 12.4. The van der Waals surface area contributed by atoms with Gasteiger partial charge in [0.2, 0.25) is 11.6 Å². The zero-order valence-electron chi connectivity index (χ0n) is 11.5. The van der Waals surface area contributed by atoms with Crippen molar-refractivity contribution < 1.29 is 14.3 Å². The second kappa shape index (κ2) is 4.55. The van der Waals surface area contributed by atoms with Crippen molar-refractivity contribution in [2.75, 3.05) is 6.61 Å². The van der Waals surface area contributed by atoms with Crippen LogP contribution in [-0.2, 0) is 0 Å². The van der Waals surface area contributed by atoms with Gasteiger partial charge in [0.25, 0.3) is 0 Å². The lowest BCUT2D eigenvalue weighted by molar-refractivity contribution is 0.0812. The second-order valence-electron chi connectivity index (χ2n) is 5.64. The Kier molecular flexibility index (Phi) is 2.67. The highest BCUT2D eigenvalue weighted by Crippen LogP contribution is 2.39. The van der Waals surface area contributed by atoms with Crippen molar-refractivity contribution in [1.29, 1.82) is 0 Å². The summed E-state index contributed by atoms with van der Waals surface area (Å²) in [6, 6.07) is 12.8. The summed E-state index contributed by atoms with van der Waals surface area (Å²) in [5, 5.41) is 0. The first-order chi connectivity index (χ1) is 10.3. The summed E-state index contributed by atoms with van der Waals surface area (Å²) in [6.45, 7) is 0.625. The molecule has 2 aromatic carbocycles. The average Bonchev–Trinajstić information content (AvgIpc) is 3.34. The summed E-state index contributed by atoms with van der Waals surface area (Å²) in [6.07, 6.45) is 2.37. The smallest absolute Gasteiger partial charge is 0.237 e. The van der Waals surface area contributed by atoms with Crippen LogP contribution in [0.3, 0.4) is 0 Å². The molecule has 2 aliphatic carbocycles. The molecule has 0 aliphatic heterocycles. The van der Waals surface area contributed by atoms with E-state index in [4.69, 9.17) is 4.74 Å². The molecule has 0 atom stereocenters. The third-order valence-electron chi connectivity index (χ3n) is 4.09. The summed E-state index contributed by atoms with van der Waals surface area (Å²) >= 11 is 0. The molecule has 0 aromatic heterocycles. The second-order valence-corrected chi connectivity index (χ2v) is 5.64. The fraction of sp³-hybridized carbons (Fsp3) is 0.222. The van der Waals surface area contributed by atoms with E-state index in [1.54, 1.807) is 18.2 Å². The number of carbonyl (C=O) groups excluding carboxylic acids is 2. The Balaban J connectivity index is 1.85. The number of ether oxygens (including phenoxy) is 1. The molecule has 2 aliphatic rings. The van der Waals surface area contributed by atoms with Crippen LogP contribution in [0.2, 0.25) is 0 Å². The van der Waals surface area contributed by atoms with Crippen molar-refractivity contribution in [3.05, 3.63) is 53.6 Å². The van der Waals surface area contributed by atoms with E-state index in [-0.39, 0.29) is 0 Å². The highest BCUT2D eigenvalue weighted by atomic mass is 16.5. The first-order valence-corrected chi connectivity index (χ1v) is 7.20. The maximum Gasteiger partial charge on any atom is 0.237 e. The molecule has 0 bridgehead atoms. The largest absolute Gasteiger partial charge is 0.493 e. The monoisotopic (exact) mass is 278 g/mol. The zero-order chi connectivity index (χ0) is 14.4. The predicted octanol–water partition coefficient (Wildman–Crippen LogP) is 3.52. The molecular formula is C18H14O3. The number of benzene rings is 2. The molecule has 2 aromatic rings. The van der Waals surface area contributed by atoms with E-state index in [1.165, 1.54) is 12.8 Å². The van der Waals surface area contributed by atoms with E-state index in [0.717, 1.165) is 11.1 Å². The fourth-order valence-electron chi connectivity index (χ4n) is 2.75. The molecule has 0 saturated heterocycles. The topological polar surface area (TPSA) is 43.4 Å². The minimum atomic E-state index is -0.463. The van der Waals surface area contributed by atoms with E-state index < -0.39 is 11.6 Å². The predicted molar refractivity (Wildman–Crippen MR) is 78.8 cm³/mol. The van der Waals surface area contributed by atoms with Gasteiger partial charge in [-0.15, -0.1) is 0 Å². The molecule has 1 fully saturated rings. The third kappa shape index (κ3) is 1.97. The molecule has 3 heteroatoms. The molecule has 3 nitrogen and oxygen atoms in total. The number of Topliss-reactive ketones (excluding diaryl/α,β-unsaturated/α-hetero) is 2. The Morgan fingerprint density at radius 2 is 1.57 bits per heavy atom. The van der Waals surface area contributed by atoms with Gasteiger partial charge in [0.05, 0.1) is 12.2 Å². The Labute approximate surface area is 122 Å². The lowest BCUT2D eigenvalue weighted by Gasteiger charge is -2.20. The molecule has 21 heavy (non-hydrogen) atoms. The van der Waals surface area contributed by atoms with E-state index in [0.29, 0.717) is 29.4 Å². The van der Waals surface area contributed by atoms with Crippen LogP contribution < -0.4 is 4.74 Å². The highest BCUT2D eigenvalue weighted by Gasteiger charge is 2.33. The highest BCUT2D eigenvalue weighted by molar-refractivity contribution is 6.53. The van der Waals surface area contributed by atoms with Gasteiger partial charge < -0.3 is 4.74 Å². The van der Waals surface area contributed by atoms with Gasteiger partial charge >= 0.3 is 0 Å². The van der Waals surface area contributed by atoms with Gasteiger partial charge in [0.15, 0.2) is 0 Å². The van der Waals surface area contributed by atoms with Crippen LogP contribution >= 0.6 is 0 Å². The number of ketones is 2. The molecule has 1 saturated carbocycles. The summed E-state index contributed by atoms with van der Waals surface area (Å²) in [5.74, 6) is 0.227. The summed E-state index contributed by atoms with van der Waals surface area (Å²) in [7, 11) is 0. The molecule has 0 unspecified atom stereocenters. The Hall–Kier alpha value is -2.42. The van der Waals surface area contributed by atoms with Crippen molar-refractivity contribution in [2.45, 2.75) is 12.8 Å². The standard InChI is InChI=1S/C18H14O3/c19-17-14-5-2-1-4-12(14)13-6-3-7-15(16(13)18(17)20)21-10-11-8-9-11/h1-7,11H,8-10H2.